The summed E-state index contributed by atoms with van der Waals surface area (Å²) in [6, 6.07) is 6.90. The number of benzene rings is 1. The number of carbonyl (C=O) groups is 1. The molecule has 1 aliphatic carbocycles. The van der Waals surface area contributed by atoms with Crippen LogP contribution in [0.25, 0.3) is 0 Å². The van der Waals surface area contributed by atoms with Gasteiger partial charge in [-0.25, -0.2) is 0 Å². The van der Waals surface area contributed by atoms with Gasteiger partial charge in [0.05, 0.1) is 23.4 Å². The molecule has 0 aromatic heterocycles. The van der Waals surface area contributed by atoms with Crippen molar-refractivity contribution >= 4 is 11.6 Å². The highest BCUT2D eigenvalue weighted by Crippen LogP contribution is 2.19. The van der Waals surface area contributed by atoms with E-state index >= 15 is 0 Å². The highest BCUT2D eigenvalue weighted by molar-refractivity contribution is 5.99. The summed E-state index contributed by atoms with van der Waals surface area (Å²) in [7, 11) is 0. The first kappa shape index (κ1) is 13.8. The molecule has 5 N–H and O–H groups in total. The van der Waals surface area contributed by atoms with Crippen LogP contribution in [-0.2, 0) is 0 Å². The molecule has 0 bridgehead atoms. The van der Waals surface area contributed by atoms with Crippen molar-refractivity contribution in [1.29, 1.82) is 0 Å². The van der Waals surface area contributed by atoms with Gasteiger partial charge in [0.2, 0.25) is 0 Å². The fraction of sp³-hybridized carbons (Fsp3) is 0.500. The summed E-state index contributed by atoms with van der Waals surface area (Å²) in [6.07, 6.45) is 4.30. The Morgan fingerprint density at radius 1 is 1.21 bits per heavy atom. The van der Waals surface area contributed by atoms with Crippen molar-refractivity contribution in [3.05, 3.63) is 29.8 Å². The molecule has 1 aromatic rings. The topological polar surface area (TPSA) is 87.4 Å². The number of rotatable bonds is 3. The van der Waals surface area contributed by atoms with E-state index in [4.69, 9.17) is 5.84 Å². The van der Waals surface area contributed by atoms with Crippen LogP contribution in [0.1, 0.15) is 42.5 Å². The van der Waals surface area contributed by atoms with Gasteiger partial charge in [0.15, 0.2) is 0 Å². The Morgan fingerprint density at radius 2 is 1.95 bits per heavy atom. The summed E-state index contributed by atoms with van der Waals surface area (Å²) in [4.78, 5) is 12.2. The highest BCUT2D eigenvalue weighted by Gasteiger charge is 2.24. The minimum atomic E-state index is -0.454. The zero-order valence-electron chi connectivity index (χ0n) is 10.9. The molecule has 19 heavy (non-hydrogen) atoms. The quantitative estimate of drug-likeness (QED) is 0.377. The van der Waals surface area contributed by atoms with Gasteiger partial charge in [-0.2, -0.15) is 0 Å². The lowest BCUT2D eigenvalue weighted by molar-refractivity contribution is 0.0819. The van der Waals surface area contributed by atoms with E-state index < -0.39 is 6.10 Å². The number of aliphatic hydroxyl groups is 1. The number of nitrogen functional groups attached to an aromatic ring is 1. The van der Waals surface area contributed by atoms with E-state index in [9.17, 15) is 9.90 Å². The number of hydrogen-bond acceptors (Lipinski definition) is 4. The molecular formula is C14H21N3O2. The first-order valence-corrected chi connectivity index (χ1v) is 6.77. The molecule has 0 heterocycles. The third-order valence-electron chi connectivity index (χ3n) is 3.62. The smallest absolute Gasteiger partial charge is 0.253 e. The molecule has 0 saturated heterocycles. The molecule has 5 heteroatoms. The largest absolute Gasteiger partial charge is 0.391 e. The molecule has 2 atom stereocenters. The van der Waals surface area contributed by atoms with Crippen LogP contribution in [0, 0.1) is 0 Å². The summed E-state index contributed by atoms with van der Waals surface area (Å²) >= 11 is 0. The average molecular weight is 263 g/mol. The lowest BCUT2D eigenvalue weighted by Crippen LogP contribution is -2.42. The summed E-state index contributed by atoms with van der Waals surface area (Å²) in [5.74, 6) is 5.20. The lowest BCUT2D eigenvalue weighted by atomic mass is 10.0. The van der Waals surface area contributed by atoms with Gasteiger partial charge in [0.25, 0.3) is 5.91 Å². The highest BCUT2D eigenvalue weighted by atomic mass is 16.3. The summed E-state index contributed by atoms with van der Waals surface area (Å²) in [6.45, 7) is 0. The molecule has 1 aromatic carbocycles. The van der Waals surface area contributed by atoms with Gasteiger partial charge in [-0.05, 0) is 25.0 Å². The molecule has 1 aliphatic rings. The molecule has 5 nitrogen and oxygen atoms in total. The van der Waals surface area contributed by atoms with Crippen LogP contribution in [-0.4, -0.2) is 23.2 Å². The molecule has 0 spiro atoms. The Labute approximate surface area is 113 Å². The Kier molecular flexibility index (Phi) is 4.76. The fourth-order valence-electron chi connectivity index (χ4n) is 2.51. The second-order valence-electron chi connectivity index (χ2n) is 4.98. The number of hydrogen-bond donors (Lipinski definition) is 4. The van der Waals surface area contributed by atoms with Crippen LogP contribution in [0.4, 0.5) is 5.69 Å². The first-order valence-electron chi connectivity index (χ1n) is 6.77. The number of nitrogens with two attached hydrogens (primary N) is 1. The Bertz CT molecular complexity index is 436. The van der Waals surface area contributed by atoms with Crippen molar-refractivity contribution in [3.63, 3.8) is 0 Å². The third kappa shape index (κ3) is 3.45. The molecule has 1 amide bonds. The van der Waals surface area contributed by atoms with Gasteiger partial charge >= 0.3 is 0 Å². The monoisotopic (exact) mass is 263 g/mol. The third-order valence-corrected chi connectivity index (χ3v) is 3.62. The van der Waals surface area contributed by atoms with E-state index in [1.807, 2.05) is 6.07 Å². The van der Waals surface area contributed by atoms with E-state index in [1.54, 1.807) is 18.2 Å². The second-order valence-corrected chi connectivity index (χ2v) is 4.98. The number of para-hydroxylation sites is 1. The van der Waals surface area contributed by atoms with Crippen LogP contribution in [0.15, 0.2) is 24.3 Å². The summed E-state index contributed by atoms with van der Waals surface area (Å²) in [5, 5.41) is 12.9. The van der Waals surface area contributed by atoms with Crippen molar-refractivity contribution in [3.8, 4) is 0 Å². The maximum atomic E-state index is 12.2. The van der Waals surface area contributed by atoms with Crippen LogP contribution in [0.5, 0.6) is 0 Å². The maximum Gasteiger partial charge on any atom is 0.253 e. The predicted octanol–water partition coefficient (Wildman–Crippen LogP) is 1.40. The number of hydrazine groups is 1. The second kappa shape index (κ2) is 6.54. The molecular weight excluding hydrogens is 242 g/mol. The number of amides is 1. The van der Waals surface area contributed by atoms with Crippen molar-refractivity contribution in [1.82, 2.24) is 5.32 Å². The van der Waals surface area contributed by atoms with E-state index in [0.29, 0.717) is 11.3 Å². The van der Waals surface area contributed by atoms with Crippen molar-refractivity contribution < 1.29 is 9.90 Å². The number of carbonyl (C=O) groups excluding carboxylic acids is 1. The minimum absolute atomic E-state index is 0.166. The van der Waals surface area contributed by atoms with E-state index in [0.717, 1.165) is 32.1 Å². The van der Waals surface area contributed by atoms with Crippen LogP contribution < -0.4 is 16.6 Å². The Balaban J connectivity index is 2.07. The van der Waals surface area contributed by atoms with Gasteiger partial charge in [-0.1, -0.05) is 31.4 Å². The SMILES string of the molecule is NNc1ccccc1C(=O)NC1CCCCCC1O. The molecule has 0 aliphatic heterocycles. The van der Waals surface area contributed by atoms with Gasteiger partial charge in [0.1, 0.15) is 0 Å². The molecule has 2 unspecified atom stereocenters. The van der Waals surface area contributed by atoms with Crippen LogP contribution in [0.2, 0.25) is 0 Å². The van der Waals surface area contributed by atoms with Crippen LogP contribution >= 0.6 is 0 Å². The molecule has 2 rings (SSSR count). The zero-order chi connectivity index (χ0) is 13.7. The fourth-order valence-corrected chi connectivity index (χ4v) is 2.51. The van der Waals surface area contributed by atoms with Crippen molar-refractivity contribution in [2.45, 2.75) is 44.2 Å². The molecule has 0 radical (unpaired) electrons. The van der Waals surface area contributed by atoms with Gasteiger partial charge in [-0.15, -0.1) is 0 Å². The average Bonchev–Trinajstić information content (AvgIpc) is 2.64. The van der Waals surface area contributed by atoms with Crippen LogP contribution in [0.3, 0.4) is 0 Å². The first-order chi connectivity index (χ1) is 9.22. The standard InChI is InChI=1S/C14H21N3O2/c15-17-11-7-5-4-6-10(11)14(19)16-12-8-2-1-3-9-13(12)18/h4-7,12-13,17-18H,1-3,8-9,15H2,(H,16,19). The van der Waals surface area contributed by atoms with E-state index in [-0.39, 0.29) is 11.9 Å². The van der Waals surface area contributed by atoms with Crippen molar-refractivity contribution in [2.24, 2.45) is 5.84 Å². The molecule has 1 fully saturated rings. The summed E-state index contributed by atoms with van der Waals surface area (Å²) < 4.78 is 0. The van der Waals surface area contributed by atoms with Gasteiger partial charge in [-0.3, -0.25) is 10.6 Å². The number of aliphatic hydroxyl groups excluding tert-OH is 1. The van der Waals surface area contributed by atoms with Gasteiger partial charge in [0, 0.05) is 0 Å². The number of anilines is 1. The summed E-state index contributed by atoms with van der Waals surface area (Å²) in [5.41, 5.74) is 3.60. The maximum absolute atomic E-state index is 12.2. The Morgan fingerprint density at radius 3 is 2.74 bits per heavy atom. The van der Waals surface area contributed by atoms with E-state index in [2.05, 4.69) is 10.7 Å². The molecule has 1 saturated carbocycles. The van der Waals surface area contributed by atoms with Crippen molar-refractivity contribution in [2.75, 3.05) is 5.43 Å². The zero-order valence-corrected chi connectivity index (χ0v) is 10.9. The predicted molar refractivity (Wildman–Crippen MR) is 74.6 cm³/mol. The van der Waals surface area contributed by atoms with E-state index in [1.165, 1.54) is 0 Å². The molecule has 104 valence electrons. The lowest BCUT2D eigenvalue weighted by Gasteiger charge is -2.22. The number of nitrogens with one attached hydrogen (secondary N) is 2. The van der Waals surface area contributed by atoms with Gasteiger partial charge < -0.3 is 15.8 Å². The normalized spacial score (nSPS) is 23.5. The Hall–Kier alpha value is -1.59. The minimum Gasteiger partial charge on any atom is -0.391 e.